The van der Waals surface area contributed by atoms with Crippen molar-refractivity contribution in [3.05, 3.63) is 18.0 Å². The van der Waals surface area contributed by atoms with Gasteiger partial charge in [0.15, 0.2) is 0 Å². The predicted octanol–water partition coefficient (Wildman–Crippen LogP) is 1.26. The van der Waals surface area contributed by atoms with Gasteiger partial charge in [0.2, 0.25) is 0 Å². The normalized spacial score (nSPS) is 13.2. The average Bonchev–Trinajstić information content (AvgIpc) is 2.79. The van der Waals surface area contributed by atoms with E-state index in [1.807, 2.05) is 6.20 Å². The van der Waals surface area contributed by atoms with Gasteiger partial charge in [0.25, 0.3) is 0 Å². The average molecular weight is 240 g/mol. The molecule has 17 heavy (non-hydrogen) atoms. The van der Waals surface area contributed by atoms with Crippen LogP contribution in [0.25, 0.3) is 0 Å². The minimum Gasteiger partial charge on any atom is -0.383 e. The number of hydrogen-bond acceptors (Lipinski definition) is 4. The Balaban J connectivity index is 2.60. The number of rotatable bonds is 8. The Hall–Kier alpha value is -0.910. The van der Waals surface area contributed by atoms with Crippen molar-refractivity contribution >= 4 is 0 Å². The molecule has 1 heterocycles. The molecule has 0 aromatic carbocycles. The van der Waals surface area contributed by atoms with Crippen LogP contribution in [0.4, 0.5) is 0 Å². The summed E-state index contributed by atoms with van der Waals surface area (Å²) in [5, 5.41) is 4.59. The lowest BCUT2D eigenvalue weighted by molar-refractivity contribution is 0.166. The lowest BCUT2D eigenvalue weighted by atomic mass is 10.2. The second-order valence-corrected chi connectivity index (χ2v) is 4.28. The van der Waals surface area contributed by atoms with Gasteiger partial charge in [0, 0.05) is 19.7 Å². The van der Waals surface area contributed by atoms with Gasteiger partial charge < -0.3 is 4.74 Å². The van der Waals surface area contributed by atoms with Crippen LogP contribution >= 0.6 is 0 Å². The van der Waals surface area contributed by atoms with Crippen LogP contribution in [0.5, 0.6) is 0 Å². The van der Waals surface area contributed by atoms with Gasteiger partial charge in [-0.1, -0.05) is 13.8 Å². The summed E-state index contributed by atoms with van der Waals surface area (Å²) in [6.07, 6.45) is 5.05. The topological polar surface area (TPSA) is 65.1 Å². The number of nitrogens with one attached hydrogen (secondary N) is 1. The first-order valence-electron chi connectivity index (χ1n) is 6.24. The molecule has 0 saturated heterocycles. The highest BCUT2D eigenvalue weighted by Crippen LogP contribution is 2.14. The molecule has 5 heteroatoms. The summed E-state index contributed by atoms with van der Waals surface area (Å²) < 4.78 is 7.14. The van der Waals surface area contributed by atoms with Crippen molar-refractivity contribution in [2.75, 3.05) is 13.7 Å². The van der Waals surface area contributed by atoms with Gasteiger partial charge in [0.1, 0.15) is 0 Å². The largest absolute Gasteiger partial charge is 0.383 e. The fourth-order valence-corrected chi connectivity index (χ4v) is 1.97. The van der Waals surface area contributed by atoms with Crippen molar-refractivity contribution in [3.63, 3.8) is 0 Å². The zero-order chi connectivity index (χ0) is 12.7. The van der Waals surface area contributed by atoms with E-state index in [2.05, 4.69) is 35.1 Å². The van der Waals surface area contributed by atoms with Gasteiger partial charge in [-0.3, -0.25) is 16.0 Å². The van der Waals surface area contributed by atoms with E-state index < -0.39 is 0 Å². The number of ether oxygens (including phenoxy) is 1. The molecular weight excluding hydrogens is 216 g/mol. The highest BCUT2D eigenvalue weighted by atomic mass is 16.5. The van der Waals surface area contributed by atoms with E-state index in [4.69, 9.17) is 10.6 Å². The molecule has 0 spiro atoms. The minimum atomic E-state index is 0.116. The molecule has 1 atom stereocenters. The fourth-order valence-electron chi connectivity index (χ4n) is 1.97. The van der Waals surface area contributed by atoms with Crippen LogP contribution in [0, 0.1) is 0 Å². The summed E-state index contributed by atoms with van der Waals surface area (Å²) in [6, 6.07) is 2.67. The molecule has 0 bridgehead atoms. The molecule has 1 aromatic heterocycles. The summed E-state index contributed by atoms with van der Waals surface area (Å²) in [6.45, 7) is 4.96. The van der Waals surface area contributed by atoms with Crippen molar-refractivity contribution in [1.82, 2.24) is 15.2 Å². The molecule has 0 aliphatic carbocycles. The summed E-state index contributed by atoms with van der Waals surface area (Å²) in [7, 11) is 1.67. The monoisotopic (exact) mass is 240 g/mol. The maximum atomic E-state index is 5.46. The summed E-state index contributed by atoms with van der Waals surface area (Å²) in [4.78, 5) is 0. The van der Waals surface area contributed by atoms with E-state index in [1.165, 1.54) is 0 Å². The molecule has 98 valence electrons. The quantitative estimate of drug-likeness (QED) is 0.530. The van der Waals surface area contributed by atoms with Crippen LogP contribution in [0.3, 0.4) is 0 Å². The number of nitrogens with zero attached hydrogens (tertiary/aromatic N) is 2. The van der Waals surface area contributed by atoms with Crippen molar-refractivity contribution in [2.45, 2.75) is 45.2 Å². The fraction of sp³-hybridized carbons (Fsp3) is 0.750. The van der Waals surface area contributed by atoms with Gasteiger partial charge in [-0.15, -0.1) is 0 Å². The lowest BCUT2D eigenvalue weighted by Gasteiger charge is -2.14. The van der Waals surface area contributed by atoms with Gasteiger partial charge in [-0.25, -0.2) is 0 Å². The van der Waals surface area contributed by atoms with Crippen LogP contribution in [-0.2, 0) is 11.2 Å². The van der Waals surface area contributed by atoms with E-state index in [-0.39, 0.29) is 6.04 Å². The Morgan fingerprint density at radius 1 is 1.47 bits per heavy atom. The zero-order valence-corrected chi connectivity index (χ0v) is 11.0. The summed E-state index contributed by atoms with van der Waals surface area (Å²) >= 11 is 0. The Kier molecular flexibility index (Phi) is 6.18. The SMILES string of the molecule is CCC(CC)n1ccc(CC(COC)NN)n1. The van der Waals surface area contributed by atoms with E-state index in [0.717, 1.165) is 25.0 Å². The van der Waals surface area contributed by atoms with Crippen LogP contribution in [0.1, 0.15) is 38.4 Å². The maximum Gasteiger partial charge on any atom is 0.0641 e. The van der Waals surface area contributed by atoms with Gasteiger partial charge in [-0.2, -0.15) is 5.10 Å². The third-order valence-corrected chi connectivity index (χ3v) is 3.04. The smallest absolute Gasteiger partial charge is 0.0641 e. The molecule has 1 unspecified atom stereocenters. The van der Waals surface area contributed by atoms with Crippen LogP contribution in [0.15, 0.2) is 12.3 Å². The maximum absolute atomic E-state index is 5.46. The first-order chi connectivity index (χ1) is 8.24. The van der Waals surface area contributed by atoms with Gasteiger partial charge >= 0.3 is 0 Å². The van der Waals surface area contributed by atoms with Crippen molar-refractivity contribution in [2.24, 2.45) is 5.84 Å². The van der Waals surface area contributed by atoms with Gasteiger partial charge in [0.05, 0.1) is 24.4 Å². The van der Waals surface area contributed by atoms with Gasteiger partial charge in [-0.05, 0) is 18.9 Å². The predicted molar refractivity (Wildman–Crippen MR) is 68.5 cm³/mol. The van der Waals surface area contributed by atoms with Crippen LogP contribution in [-0.4, -0.2) is 29.5 Å². The van der Waals surface area contributed by atoms with E-state index in [0.29, 0.717) is 12.6 Å². The molecule has 1 rings (SSSR count). The Morgan fingerprint density at radius 3 is 2.71 bits per heavy atom. The first kappa shape index (κ1) is 14.2. The second kappa shape index (κ2) is 7.42. The highest BCUT2D eigenvalue weighted by Gasteiger charge is 2.12. The lowest BCUT2D eigenvalue weighted by Crippen LogP contribution is -2.40. The molecule has 0 amide bonds. The minimum absolute atomic E-state index is 0.116. The molecule has 3 N–H and O–H groups in total. The molecule has 0 fully saturated rings. The molecule has 5 nitrogen and oxygen atoms in total. The first-order valence-corrected chi connectivity index (χ1v) is 6.24. The molecular formula is C12H24N4O. The summed E-state index contributed by atoms with van der Waals surface area (Å²) in [5.74, 6) is 5.46. The third kappa shape index (κ3) is 4.11. The van der Waals surface area contributed by atoms with Crippen LogP contribution in [0.2, 0.25) is 0 Å². The zero-order valence-electron chi connectivity index (χ0n) is 11.0. The number of methoxy groups -OCH3 is 1. The molecule has 0 radical (unpaired) electrons. The Morgan fingerprint density at radius 2 is 2.18 bits per heavy atom. The van der Waals surface area contributed by atoms with Crippen LogP contribution < -0.4 is 11.3 Å². The standard InChI is InChI=1S/C12H24N4O/c1-4-12(5-2)16-7-6-10(15-16)8-11(14-13)9-17-3/h6-7,11-12,14H,4-5,8-9,13H2,1-3H3. The number of aromatic nitrogens is 2. The van der Waals surface area contributed by atoms with Crippen molar-refractivity contribution in [1.29, 1.82) is 0 Å². The van der Waals surface area contributed by atoms with E-state index in [9.17, 15) is 0 Å². The highest BCUT2D eigenvalue weighted by molar-refractivity contribution is 5.02. The molecule has 0 saturated carbocycles. The molecule has 0 aliphatic rings. The number of hydrazine groups is 1. The number of hydrogen-bond donors (Lipinski definition) is 2. The van der Waals surface area contributed by atoms with E-state index >= 15 is 0 Å². The Bertz CT molecular complexity index is 309. The van der Waals surface area contributed by atoms with Crippen molar-refractivity contribution < 1.29 is 4.74 Å². The Labute approximate surface area is 103 Å². The van der Waals surface area contributed by atoms with Crippen molar-refractivity contribution in [3.8, 4) is 0 Å². The second-order valence-electron chi connectivity index (χ2n) is 4.28. The third-order valence-electron chi connectivity index (χ3n) is 3.04. The summed E-state index contributed by atoms with van der Waals surface area (Å²) in [5.41, 5.74) is 3.80. The molecule has 1 aromatic rings. The number of nitrogens with two attached hydrogens (primary N) is 1. The van der Waals surface area contributed by atoms with E-state index in [1.54, 1.807) is 7.11 Å². The molecule has 0 aliphatic heterocycles.